The minimum absolute atomic E-state index is 0.0702. The Morgan fingerprint density at radius 2 is 1.76 bits per heavy atom. The maximum absolute atomic E-state index is 11.8. The molecule has 7 rings (SSSR count). The van der Waals surface area contributed by atoms with Gasteiger partial charge in [0.05, 0.1) is 58.9 Å². The van der Waals surface area contributed by atoms with Crippen molar-refractivity contribution in [3.8, 4) is 33.0 Å². The minimum Gasteiger partial charge on any atom is -0.481 e. The monoisotopic (exact) mass is 640 g/mol. The van der Waals surface area contributed by atoms with Crippen LogP contribution >= 0.6 is 22.9 Å². The third-order valence-corrected chi connectivity index (χ3v) is 8.73. The number of pyridine rings is 1. The Balaban J connectivity index is 0.000000664. The topological polar surface area (TPSA) is 110 Å². The van der Waals surface area contributed by atoms with Crippen molar-refractivity contribution >= 4 is 50.0 Å². The lowest BCUT2D eigenvalue weighted by Crippen LogP contribution is -2.31. The number of hydrogen-bond donors (Lipinski definition) is 2. The van der Waals surface area contributed by atoms with Gasteiger partial charge in [0, 0.05) is 33.3 Å². The number of halogens is 1. The molecule has 6 aromatic rings. The number of fused-ring (bicyclic) bond motifs is 2. The van der Waals surface area contributed by atoms with Gasteiger partial charge in [-0.05, 0) is 86.8 Å². The maximum atomic E-state index is 11.8. The zero-order valence-corrected chi connectivity index (χ0v) is 27.0. The number of hydrogen-bond acceptors (Lipinski definition) is 7. The summed E-state index contributed by atoms with van der Waals surface area (Å²) < 4.78 is 8.32. The summed E-state index contributed by atoms with van der Waals surface area (Å²) in [6, 6.07) is 20.1. The van der Waals surface area contributed by atoms with E-state index in [-0.39, 0.29) is 6.42 Å². The van der Waals surface area contributed by atoms with Gasteiger partial charge >= 0.3 is 5.97 Å². The Kier molecular flexibility index (Phi) is 8.45. The van der Waals surface area contributed by atoms with Crippen molar-refractivity contribution in [1.82, 2.24) is 19.7 Å². The highest BCUT2D eigenvalue weighted by Gasteiger charge is 2.23. The maximum Gasteiger partial charge on any atom is 0.307 e. The van der Waals surface area contributed by atoms with Gasteiger partial charge in [0.1, 0.15) is 5.01 Å². The van der Waals surface area contributed by atoms with Gasteiger partial charge in [0.2, 0.25) is 0 Å². The van der Waals surface area contributed by atoms with E-state index in [1.165, 1.54) is 0 Å². The van der Waals surface area contributed by atoms with Crippen LogP contribution in [0.1, 0.15) is 37.9 Å². The number of carboxylic acid groups (broad SMARTS) is 1. The van der Waals surface area contributed by atoms with Gasteiger partial charge < -0.3 is 14.9 Å². The fourth-order valence-corrected chi connectivity index (χ4v) is 6.51. The summed E-state index contributed by atoms with van der Waals surface area (Å²) in [5, 5.41) is 25.3. The van der Waals surface area contributed by atoms with Crippen LogP contribution in [0.15, 0.2) is 73.1 Å². The van der Waals surface area contributed by atoms with Gasteiger partial charge in [0.25, 0.3) is 0 Å². The smallest absolute Gasteiger partial charge is 0.307 e. The SMILES string of the molecule is CC(C)(C)O.Cc1cc2nc(-c3ccnc(-c4ccc5c(cnn5C5COC5)c4)c3)sc2c(-c2ccc(Cl)cc2)c1CC(=O)O. The summed E-state index contributed by atoms with van der Waals surface area (Å²) in [5.41, 5.74) is 7.72. The van der Waals surface area contributed by atoms with Crippen LogP contribution in [0.4, 0.5) is 0 Å². The Morgan fingerprint density at radius 3 is 2.42 bits per heavy atom. The summed E-state index contributed by atoms with van der Waals surface area (Å²) in [7, 11) is 0. The Bertz CT molecular complexity index is 2020. The summed E-state index contributed by atoms with van der Waals surface area (Å²) in [6.45, 7) is 8.56. The van der Waals surface area contributed by atoms with E-state index in [1.54, 1.807) is 38.3 Å². The number of benzene rings is 3. The molecule has 0 radical (unpaired) electrons. The first-order valence-electron chi connectivity index (χ1n) is 14.6. The third kappa shape index (κ3) is 6.77. The molecule has 1 aliphatic rings. The van der Waals surface area contributed by atoms with Crippen LogP contribution in [0, 0.1) is 6.92 Å². The average molecular weight is 641 g/mol. The Morgan fingerprint density at radius 1 is 1.04 bits per heavy atom. The van der Waals surface area contributed by atoms with E-state index >= 15 is 0 Å². The standard InChI is InChI=1S/C31H23ClN4O3S.C4H10O/c1-17-10-26-30(29(24(17)13-28(37)38)18-2-5-22(32)6-3-18)40-31(35-26)20-8-9-33-25(12-20)19-4-7-27-21(11-19)14-34-36(27)23-15-39-16-23;1-4(2,3)5/h2-12,14,23H,13,15-16H2,1H3,(H,37,38);5H,1-3H3. The minimum atomic E-state index is -0.871. The first kappa shape index (κ1) is 30.9. The normalized spacial score (nSPS) is 13.5. The number of rotatable bonds is 6. The summed E-state index contributed by atoms with van der Waals surface area (Å²) in [5.74, 6) is -0.871. The highest BCUT2D eigenvalue weighted by atomic mass is 35.5. The first-order chi connectivity index (χ1) is 21.4. The second-order valence-corrected chi connectivity index (χ2v) is 13.6. The molecule has 1 aliphatic heterocycles. The number of aromatic nitrogens is 4. The Hall–Kier alpha value is -4.15. The van der Waals surface area contributed by atoms with Crippen LogP contribution < -0.4 is 0 Å². The van der Waals surface area contributed by atoms with Crippen molar-refractivity contribution in [2.75, 3.05) is 13.2 Å². The van der Waals surface area contributed by atoms with Crippen LogP contribution in [0.2, 0.25) is 5.02 Å². The molecule has 8 nitrogen and oxygen atoms in total. The lowest BCUT2D eigenvalue weighted by atomic mass is 9.93. The molecule has 4 heterocycles. The zero-order valence-electron chi connectivity index (χ0n) is 25.4. The molecule has 1 saturated heterocycles. The van der Waals surface area contributed by atoms with Gasteiger partial charge in [-0.1, -0.05) is 29.8 Å². The fourth-order valence-electron chi connectivity index (χ4n) is 5.25. The molecule has 2 N–H and O–H groups in total. The zero-order chi connectivity index (χ0) is 31.9. The van der Waals surface area contributed by atoms with Gasteiger partial charge in [-0.25, -0.2) is 4.98 Å². The van der Waals surface area contributed by atoms with Gasteiger partial charge in [-0.3, -0.25) is 14.5 Å². The lowest BCUT2D eigenvalue weighted by molar-refractivity contribution is -0.136. The molecule has 1 fully saturated rings. The number of thiazole rings is 1. The molecule has 0 atom stereocenters. The lowest BCUT2D eigenvalue weighted by Gasteiger charge is -2.26. The number of carbonyl (C=O) groups is 1. The van der Waals surface area contributed by atoms with E-state index in [1.807, 2.05) is 54.2 Å². The summed E-state index contributed by atoms with van der Waals surface area (Å²) in [4.78, 5) is 21.4. The molecule has 0 amide bonds. The quantitative estimate of drug-likeness (QED) is 0.190. The third-order valence-electron chi connectivity index (χ3n) is 7.34. The highest BCUT2D eigenvalue weighted by molar-refractivity contribution is 7.22. The average Bonchev–Trinajstić information content (AvgIpc) is 3.56. The molecule has 0 saturated carbocycles. The van der Waals surface area contributed by atoms with Crippen molar-refractivity contribution in [3.05, 3.63) is 89.2 Å². The number of aryl methyl sites for hydroxylation is 1. The van der Waals surface area contributed by atoms with E-state index < -0.39 is 11.6 Å². The molecule has 0 unspecified atom stereocenters. The summed E-state index contributed by atoms with van der Waals surface area (Å²) in [6.07, 6.45) is 3.63. The largest absolute Gasteiger partial charge is 0.481 e. The number of carboxylic acids is 1. The number of aliphatic hydroxyl groups is 1. The van der Waals surface area contributed by atoms with E-state index in [2.05, 4.69) is 34.3 Å². The Labute approximate surface area is 269 Å². The molecule has 0 spiro atoms. The molecule has 45 heavy (non-hydrogen) atoms. The van der Waals surface area contributed by atoms with Crippen molar-refractivity contribution in [3.63, 3.8) is 0 Å². The molecule has 230 valence electrons. The molecular formula is C35H33ClN4O4S. The molecule has 10 heteroatoms. The van der Waals surface area contributed by atoms with Crippen LogP contribution in [0.3, 0.4) is 0 Å². The van der Waals surface area contributed by atoms with Crippen LogP contribution in [-0.2, 0) is 16.0 Å². The van der Waals surface area contributed by atoms with Crippen LogP contribution in [0.5, 0.6) is 0 Å². The summed E-state index contributed by atoms with van der Waals surface area (Å²) >= 11 is 7.72. The second-order valence-electron chi connectivity index (χ2n) is 12.1. The number of ether oxygens (including phenoxy) is 1. The predicted molar refractivity (Wildman–Crippen MR) is 180 cm³/mol. The predicted octanol–water partition coefficient (Wildman–Crippen LogP) is 7.98. The van der Waals surface area contributed by atoms with E-state index in [9.17, 15) is 9.90 Å². The molecular weight excluding hydrogens is 608 g/mol. The van der Waals surface area contributed by atoms with Crippen molar-refractivity contribution < 1.29 is 19.7 Å². The first-order valence-corrected chi connectivity index (χ1v) is 15.8. The number of aliphatic carboxylic acids is 1. The highest BCUT2D eigenvalue weighted by Crippen LogP contribution is 2.41. The van der Waals surface area contributed by atoms with Gasteiger partial charge in [0.15, 0.2) is 0 Å². The molecule has 0 aliphatic carbocycles. The number of nitrogens with zero attached hydrogens (tertiary/aromatic N) is 4. The fraction of sp³-hybridized carbons (Fsp3) is 0.257. The van der Waals surface area contributed by atoms with Crippen molar-refractivity contribution in [2.45, 2.75) is 45.8 Å². The molecule has 3 aromatic carbocycles. The van der Waals surface area contributed by atoms with Gasteiger partial charge in [-0.15, -0.1) is 11.3 Å². The van der Waals surface area contributed by atoms with Gasteiger partial charge in [-0.2, -0.15) is 5.10 Å². The van der Waals surface area contributed by atoms with Crippen LogP contribution in [-0.4, -0.2) is 54.7 Å². The van der Waals surface area contributed by atoms with E-state index in [0.29, 0.717) is 24.3 Å². The molecule has 0 bridgehead atoms. The molecule has 3 aromatic heterocycles. The van der Waals surface area contributed by atoms with E-state index in [4.69, 9.17) is 26.4 Å². The van der Waals surface area contributed by atoms with E-state index in [0.717, 1.165) is 65.2 Å². The van der Waals surface area contributed by atoms with Crippen molar-refractivity contribution in [1.29, 1.82) is 0 Å². The second kappa shape index (κ2) is 12.3. The van der Waals surface area contributed by atoms with Crippen molar-refractivity contribution in [2.24, 2.45) is 0 Å². The van der Waals surface area contributed by atoms with Crippen LogP contribution in [0.25, 0.3) is 54.1 Å².